The van der Waals surface area contributed by atoms with Gasteiger partial charge in [0, 0.05) is 81.8 Å². The molecule has 39 heavy (non-hydrogen) atoms. The minimum atomic E-state index is -0.0473. The van der Waals surface area contributed by atoms with Gasteiger partial charge in [0.2, 0.25) is 5.91 Å². The molecule has 206 valence electrons. The highest BCUT2D eigenvalue weighted by Crippen LogP contribution is 2.28. The number of amides is 2. The molecule has 2 aromatic carbocycles. The maximum absolute atomic E-state index is 13.3. The van der Waals surface area contributed by atoms with Crippen molar-refractivity contribution < 1.29 is 19.1 Å². The summed E-state index contributed by atoms with van der Waals surface area (Å²) in [6.07, 6.45) is 4.63. The molecule has 0 atom stereocenters. The van der Waals surface area contributed by atoms with Crippen LogP contribution in [-0.2, 0) is 22.5 Å². The molecule has 0 saturated carbocycles. The highest BCUT2D eigenvalue weighted by Gasteiger charge is 2.20. The van der Waals surface area contributed by atoms with E-state index in [0.29, 0.717) is 51.2 Å². The van der Waals surface area contributed by atoms with Gasteiger partial charge in [-0.05, 0) is 42.8 Å². The molecule has 1 fully saturated rings. The van der Waals surface area contributed by atoms with Crippen LogP contribution in [0, 0.1) is 6.92 Å². The molecule has 3 heterocycles. The Bertz CT molecular complexity index is 1300. The summed E-state index contributed by atoms with van der Waals surface area (Å²) >= 11 is 0. The molecule has 2 aliphatic heterocycles. The highest BCUT2D eigenvalue weighted by atomic mass is 16.5. The van der Waals surface area contributed by atoms with Crippen LogP contribution in [0.15, 0.2) is 54.9 Å². The van der Waals surface area contributed by atoms with Crippen molar-refractivity contribution in [1.82, 2.24) is 19.4 Å². The zero-order valence-corrected chi connectivity index (χ0v) is 22.8. The van der Waals surface area contributed by atoms with Crippen molar-refractivity contribution in [1.29, 1.82) is 0 Å². The number of anilines is 1. The summed E-state index contributed by atoms with van der Waals surface area (Å²) in [5.41, 5.74) is 3.90. The van der Waals surface area contributed by atoms with Crippen molar-refractivity contribution in [3.05, 3.63) is 77.4 Å². The summed E-state index contributed by atoms with van der Waals surface area (Å²) in [4.78, 5) is 36.6. The van der Waals surface area contributed by atoms with Crippen LogP contribution in [0.4, 0.5) is 5.69 Å². The van der Waals surface area contributed by atoms with Crippen LogP contribution in [0.5, 0.6) is 5.75 Å². The van der Waals surface area contributed by atoms with Crippen molar-refractivity contribution in [2.24, 2.45) is 0 Å². The van der Waals surface area contributed by atoms with E-state index < -0.39 is 0 Å². The van der Waals surface area contributed by atoms with E-state index in [1.165, 1.54) is 0 Å². The molecule has 0 aliphatic carbocycles. The summed E-state index contributed by atoms with van der Waals surface area (Å²) in [5.74, 6) is 1.67. The molecule has 9 heteroatoms. The molecule has 0 radical (unpaired) electrons. The quantitative estimate of drug-likeness (QED) is 0.515. The molecule has 2 bridgehead atoms. The summed E-state index contributed by atoms with van der Waals surface area (Å²) in [7, 11) is 1.79. The minimum Gasteiger partial charge on any atom is -0.491 e. The lowest BCUT2D eigenvalue weighted by atomic mass is 10.0. The molecule has 2 aliphatic rings. The predicted molar refractivity (Wildman–Crippen MR) is 149 cm³/mol. The van der Waals surface area contributed by atoms with E-state index in [1.807, 2.05) is 42.0 Å². The number of likely N-dealkylation sites (N-methyl/N-ethyl adjacent to an activating group) is 1. The largest absolute Gasteiger partial charge is 0.491 e. The molecule has 9 nitrogen and oxygen atoms in total. The lowest BCUT2D eigenvalue weighted by Crippen LogP contribution is -2.41. The maximum atomic E-state index is 13.3. The number of hydrogen-bond donors (Lipinski definition) is 0. The monoisotopic (exact) mass is 531 g/mol. The van der Waals surface area contributed by atoms with E-state index in [1.54, 1.807) is 23.0 Å². The molecule has 3 aromatic rings. The minimum absolute atomic E-state index is 0.0320. The van der Waals surface area contributed by atoms with E-state index in [4.69, 9.17) is 9.47 Å². The second-order valence-corrected chi connectivity index (χ2v) is 10.1. The van der Waals surface area contributed by atoms with E-state index in [0.717, 1.165) is 54.7 Å². The summed E-state index contributed by atoms with van der Waals surface area (Å²) in [6.45, 7) is 7.34. The van der Waals surface area contributed by atoms with Gasteiger partial charge < -0.3 is 28.7 Å². The van der Waals surface area contributed by atoms with Crippen LogP contribution in [0.2, 0.25) is 0 Å². The van der Waals surface area contributed by atoms with Crippen molar-refractivity contribution in [2.75, 3.05) is 64.5 Å². The number of hydrogen-bond acceptors (Lipinski definition) is 6. The van der Waals surface area contributed by atoms with Crippen molar-refractivity contribution >= 4 is 17.5 Å². The number of carbonyl (C=O) groups is 2. The number of aryl methyl sites for hydroxylation is 2. The van der Waals surface area contributed by atoms with Crippen LogP contribution in [0.1, 0.15) is 33.7 Å². The van der Waals surface area contributed by atoms with Gasteiger partial charge >= 0.3 is 0 Å². The van der Waals surface area contributed by atoms with E-state index in [2.05, 4.69) is 28.1 Å². The fourth-order valence-electron chi connectivity index (χ4n) is 5.13. The fraction of sp³-hybridized carbons (Fsp3) is 0.433. The van der Waals surface area contributed by atoms with E-state index in [9.17, 15) is 9.59 Å². The average molecular weight is 532 g/mol. The number of rotatable bonds is 4. The first-order valence-corrected chi connectivity index (χ1v) is 13.7. The Kier molecular flexibility index (Phi) is 8.46. The molecule has 0 N–H and O–H groups in total. The number of fused-ring (bicyclic) bond motifs is 3. The highest BCUT2D eigenvalue weighted by molar-refractivity contribution is 5.94. The Hall–Kier alpha value is -3.85. The summed E-state index contributed by atoms with van der Waals surface area (Å²) in [5, 5.41) is 0. The molecular weight excluding hydrogens is 494 g/mol. The normalized spacial score (nSPS) is 16.9. The van der Waals surface area contributed by atoms with Gasteiger partial charge in [0.15, 0.2) is 0 Å². The first kappa shape index (κ1) is 26.7. The standard InChI is InChI=1S/C30H37N5O4/c1-23-31-9-11-33(23)10-8-29(36)35-13-12-32(2)30(37)25-5-3-4-24(20-25)21-26-22-27(34-14-17-38-18-15-34)6-7-28(26)39-19-16-35/h3-7,9,11,20,22H,8,10,12-19,21H2,1-2H3. The van der Waals surface area contributed by atoms with Gasteiger partial charge in [-0.25, -0.2) is 4.98 Å². The average Bonchev–Trinajstić information content (AvgIpc) is 3.38. The maximum Gasteiger partial charge on any atom is 0.253 e. The predicted octanol–water partition coefficient (Wildman–Crippen LogP) is 3.00. The van der Waals surface area contributed by atoms with Gasteiger partial charge in [-0.3, -0.25) is 9.59 Å². The van der Waals surface area contributed by atoms with Gasteiger partial charge in [-0.2, -0.15) is 0 Å². The van der Waals surface area contributed by atoms with Crippen LogP contribution in [0.3, 0.4) is 0 Å². The second-order valence-electron chi connectivity index (χ2n) is 10.1. The lowest BCUT2D eigenvalue weighted by Gasteiger charge is -2.30. The third-order valence-electron chi connectivity index (χ3n) is 7.50. The van der Waals surface area contributed by atoms with Gasteiger partial charge in [0.05, 0.1) is 19.8 Å². The van der Waals surface area contributed by atoms with Gasteiger partial charge in [-0.15, -0.1) is 0 Å². The molecule has 1 saturated heterocycles. The Labute approximate surface area is 229 Å². The first-order valence-electron chi connectivity index (χ1n) is 13.7. The Morgan fingerprint density at radius 1 is 1.00 bits per heavy atom. The third-order valence-corrected chi connectivity index (χ3v) is 7.50. The van der Waals surface area contributed by atoms with E-state index >= 15 is 0 Å². The molecule has 2 amide bonds. The third kappa shape index (κ3) is 6.60. The molecule has 5 rings (SSSR count). The first-order chi connectivity index (χ1) is 19.0. The van der Waals surface area contributed by atoms with Crippen LogP contribution >= 0.6 is 0 Å². The second kappa shape index (κ2) is 12.3. The molecule has 0 spiro atoms. The fourth-order valence-corrected chi connectivity index (χ4v) is 5.13. The van der Waals surface area contributed by atoms with Gasteiger partial charge in [0.1, 0.15) is 18.2 Å². The van der Waals surface area contributed by atoms with Crippen LogP contribution in [0.25, 0.3) is 0 Å². The summed E-state index contributed by atoms with van der Waals surface area (Å²) < 4.78 is 13.8. The van der Waals surface area contributed by atoms with Crippen molar-refractivity contribution in [3.8, 4) is 5.75 Å². The van der Waals surface area contributed by atoms with Gasteiger partial charge in [0.25, 0.3) is 5.91 Å². The van der Waals surface area contributed by atoms with Crippen molar-refractivity contribution in [3.63, 3.8) is 0 Å². The number of ether oxygens (including phenoxy) is 2. The number of morpholine rings is 1. The van der Waals surface area contributed by atoms with E-state index in [-0.39, 0.29) is 11.8 Å². The topological polar surface area (TPSA) is 80.1 Å². The number of benzene rings is 2. The Morgan fingerprint density at radius 2 is 1.85 bits per heavy atom. The van der Waals surface area contributed by atoms with Crippen LogP contribution in [-0.4, -0.2) is 90.8 Å². The molecule has 0 unspecified atom stereocenters. The Morgan fingerprint density at radius 3 is 2.64 bits per heavy atom. The smallest absolute Gasteiger partial charge is 0.253 e. The van der Waals surface area contributed by atoms with Crippen molar-refractivity contribution in [2.45, 2.75) is 26.3 Å². The number of carbonyl (C=O) groups excluding carboxylic acids is 2. The number of aromatic nitrogens is 2. The molecular formula is C30H37N5O4. The lowest BCUT2D eigenvalue weighted by molar-refractivity contribution is -0.132. The zero-order valence-electron chi connectivity index (χ0n) is 22.8. The SMILES string of the molecule is Cc1nccn1CCC(=O)N1CCOc2ccc(N3CCOCC3)cc2Cc2cccc(c2)C(=O)N(C)CC1. The van der Waals surface area contributed by atoms with Crippen LogP contribution < -0.4 is 9.64 Å². The molecule has 1 aromatic heterocycles. The van der Waals surface area contributed by atoms with Gasteiger partial charge in [-0.1, -0.05) is 12.1 Å². The number of imidazole rings is 1. The summed E-state index contributed by atoms with van der Waals surface area (Å²) in [6, 6.07) is 14.1. The zero-order chi connectivity index (χ0) is 27.2. The Balaban J connectivity index is 1.39. The number of nitrogens with zero attached hydrogens (tertiary/aromatic N) is 5.